The summed E-state index contributed by atoms with van der Waals surface area (Å²) in [5, 5.41) is 0. The zero-order valence-electron chi connectivity index (χ0n) is 9.14. The Hall–Kier alpha value is -1.04. The lowest BCUT2D eigenvalue weighted by molar-refractivity contribution is -0.274. The van der Waals surface area contributed by atoms with E-state index in [1.54, 1.807) is 6.92 Å². The van der Waals surface area contributed by atoms with Crippen molar-refractivity contribution in [3.8, 4) is 5.75 Å². The number of carbonyl (C=O) groups excluding carboxylic acids is 1. The summed E-state index contributed by atoms with van der Waals surface area (Å²) in [4.78, 5) is 11.2. The lowest BCUT2D eigenvalue weighted by Crippen LogP contribution is -2.18. The van der Waals surface area contributed by atoms with E-state index in [2.05, 4.69) is 20.7 Å². The van der Waals surface area contributed by atoms with Gasteiger partial charge in [-0.05, 0) is 37.6 Å². The average Bonchev–Trinajstić information content (AvgIpc) is 2.18. The third-order valence-electron chi connectivity index (χ3n) is 2.05. The van der Waals surface area contributed by atoms with Crippen molar-refractivity contribution in [2.24, 2.45) is 0 Å². The molecule has 1 aromatic rings. The Balaban J connectivity index is 2.98. The van der Waals surface area contributed by atoms with Crippen molar-refractivity contribution in [2.45, 2.75) is 25.0 Å². The second-order valence-corrected chi connectivity index (χ2v) is 4.88. The quantitative estimate of drug-likeness (QED) is 0.626. The lowest BCUT2D eigenvalue weighted by atomic mass is 10.1. The molecule has 17 heavy (non-hydrogen) atoms. The van der Waals surface area contributed by atoms with E-state index in [1.807, 2.05) is 0 Å². The predicted molar refractivity (Wildman–Crippen MR) is 60.6 cm³/mol. The Morgan fingerprint density at radius 3 is 2.41 bits per heavy atom. The molecule has 0 spiro atoms. The topological polar surface area (TPSA) is 26.3 Å². The maximum absolute atomic E-state index is 12.0. The van der Waals surface area contributed by atoms with Crippen molar-refractivity contribution in [1.82, 2.24) is 0 Å². The molecule has 1 atom stereocenters. The second-order valence-electron chi connectivity index (χ2n) is 3.51. The van der Waals surface area contributed by atoms with Crippen LogP contribution >= 0.6 is 15.9 Å². The van der Waals surface area contributed by atoms with E-state index in [0.29, 0.717) is 5.56 Å². The van der Waals surface area contributed by atoms with Crippen molar-refractivity contribution in [3.05, 3.63) is 29.3 Å². The van der Waals surface area contributed by atoms with Crippen molar-refractivity contribution in [2.75, 3.05) is 0 Å². The zero-order chi connectivity index (χ0) is 13.2. The van der Waals surface area contributed by atoms with E-state index in [-0.39, 0.29) is 21.9 Å². The molecule has 2 nitrogen and oxygen atoms in total. The standard InChI is InChI=1S/C11H10BrF3O2/c1-6-5-8(10(16)7(2)12)3-4-9(6)17-11(13,14)15/h3-5,7H,1-2H3. The van der Waals surface area contributed by atoms with Gasteiger partial charge in [-0.2, -0.15) is 0 Å². The van der Waals surface area contributed by atoms with Crippen molar-refractivity contribution in [1.29, 1.82) is 0 Å². The molecule has 0 heterocycles. The number of alkyl halides is 4. The van der Waals surface area contributed by atoms with E-state index in [0.717, 1.165) is 6.07 Å². The van der Waals surface area contributed by atoms with Crippen LogP contribution in [0.25, 0.3) is 0 Å². The number of halogens is 4. The maximum Gasteiger partial charge on any atom is 0.573 e. The van der Waals surface area contributed by atoms with Gasteiger partial charge in [0.2, 0.25) is 0 Å². The van der Waals surface area contributed by atoms with Gasteiger partial charge in [0.25, 0.3) is 0 Å². The molecule has 0 amide bonds. The van der Waals surface area contributed by atoms with Crippen molar-refractivity contribution < 1.29 is 22.7 Å². The van der Waals surface area contributed by atoms with Crippen LogP contribution in [0, 0.1) is 6.92 Å². The lowest BCUT2D eigenvalue weighted by Gasteiger charge is -2.12. The molecule has 94 valence electrons. The van der Waals surface area contributed by atoms with Crippen LogP contribution in [0.4, 0.5) is 13.2 Å². The predicted octanol–water partition coefficient (Wildman–Crippen LogP) is 3.86. The molecule has 0 aliphatic heterocycles. The summed E-state index contributed by atoms with van der Waals surface area (Å²) in [6.07, 6.45) is -4.72. The summed E-state index contributed by atoms with van der Waals surface area (Å²) >= 11 is 3.11. The third-order valence-corrected chi connectivity index (χ3v) is 2.46. The fourth-order valence-corrected chi connectivity index (χ4v) is 1.54. The number of aryl methyl sites for hydroxylation is 1. The summed E-state index contributed by atoms with van der Waals surface area (Å²) in [5.74, 6) is -0.483. The van der Waals surface area contributed by atoms with E-state index >= 15 is 0 Å². The highest BCUT2D eigenvalue weighted by atomic mass is 79.9. The Morgan fingerprint density at radius 2 is 2.00 bits per heavy atom. The molecule has 0 aliphatic carbocycles. The third kappa shape index (κ3) is 4.03. The van der Waals surface area contributed by atoms with Crippen LogP contribution in [0.5, 0.6) is 5.75 Å². The number of benzene rings is 1. The molecule has 0 aromatic heterocycles. The molecule has 1 aromatic carbocycles. The molecule has 0 bridgehead atoms. The first-order chi connectivity index (χ1) is 7.70. The minimum atomic E-state index is -4.72. The normalized spacial score (nSPS) is 13.3. The molecule has 0 fully saturated rings. The molecule has 1 unspecified atom stereocenters. The van der Waals surface area contributed by atoms with Gasteiger partial charge in [-0.15, -0.1) is 13.2 Å². The van der Waals surface area contributed by atoms with Crippen molar-refractivity contribution >= 4 is 21.7 Å². The Morgan fingerprint density at radius 1 is 1.41 bits per heavy atom. The SMILES string of the molecule is Cc1cc(C(=O)C(C)Br)ccc1OC(F)(F)F. The van der Waals surface area contributed by atoms with E-state index in [9.17, 15) is 18.0 Å². The summed E-state index contributed by atoms with van der Waals surface area (Å²) < 4.78 is 39.8. The highest BCUT2D eigenvalue weighted by Gasteiger charge is 2.31. The first kappa shape index (κ1) is 14.0. The smallest absolute Gasteiger partial charge is 0.406 e. The Kier molecular flexibility index (Phi) is 4.19. The highest BCUT2D eigenvalue weighted by Crippen LogP contribution is 2.27. The fraction of sp³-hybridized carbons (Fsp3) is 0.364. The number of hydrogen-bond donors (Lipinski definition) is 0. The molecule has 0 radical (unpaired) electrons. The molecular formula is C11H10BrF3O2. The summed E-state index contributed by atoms with van der Waals surface area (Å²) in [6.45, 7) is 3.11. The van der Waals surface area contributed by atoms with Gasteiger partial charge < -0.3 is 4.74 Å². The molecule has 0 aliphatic rings. The monoisotopic (exact) mass is 310 g/mol. The fourth-order valence-electron chi connectivity index (χ4n) is 1.27. The minimum absolute atomic E-state index is 0.188. The first-order valence-electron chi connectivity index (χ1n) is 4.75. The van der Waals surface area contributed by atoms with E-state index in [4.69, 9.17) is 0 Å². The van der Waals surface area contributed by atoms with Gasteiger partial charge in [-0.1, -0.05) is 15.9 Å². The highest BCUT2D eigenvalue weighted by molar-refractivity contribution is 9.10. The second kappa shape index (κ2) is 5.08. The average molecular weight is 311 g/mol. The zero-order valence-corrected chi connectivity index (χ0v) is 10.7. The molecule has 0 N–H and O–H groups in total. The van der Waals surface area contributed by atoms with Gasteiger partial charge in [0.05, 0.1) is 4.83 Å². The van der Waals surface area contributed by atoms with Gasteiger partial charge in [0, 0.05) is 5.56 Å². The Labute approximate surface area is 105 Å². The van der Waals surface area contributed by atoms with Crippen LogP contribution in [-0.2, 0) is 0 Å². The summed E-state index contributed by atoms with van der Waals surface area (Å²) in [6, 6.07) is 3.83. The number of rotatable bonds is 3. The van der Waals surface area contributed by atoms with Crippen LogP contribution < -0.4 is 4.74 Å². The van der Waals surface area contributed by atoms with E-state index < -0.39 is 6.36 Å². The van der Waals surface area contributed by atoms with Crippen molar-refractivity contribution in [3.63, 3.8) is 0 Å². The number of ether oxygens (including phenoxy) is 1. The van der Waals surface area contributed by atoms with Crippen LogP contribution in [0.15, 0.2) is 18.2 Å². The molecule has 0 saturated carbocycles. The minimum Gasteiger partial charge on any atom is -0.406 e. The number of carbonyl (C=O) groups is 1. The summed E-state index contributed by atoms with van der Waals surface area (Å²) in [7, 11) is 0. The van der Waals surface area contributed by atoms with Crippen LogP contribution in [0.2, 0.25) is 0 Å². The van der Waals surface area contributed by atoms with Gasteiger partial charge in [0.15, 0.2) is 5.78 Å². The number of Topliss-reactive ketones (excluding diaryl/α,β-unsaturated/α-hetero) is 1. The molecule has 1 rings (SSSR count). The summed E-state index contributed by atoms with van der Waals surface area (Å²) in [5.41, 5.74) is 0.614. The van der Waals surface area contributed by atoms with Gasteiger partial charge >= 0.3 is 6.36 Å². The van der Waals surface area contributed by atoms with E-state index in [1.165, 1.54) is 19.1 Å². The molecule has 6 heteroatoms. The number of ketones is 1. The maximum atomic E-state index is 12.0. The number of hydrogen-bond acceptors (Lipinski definition) is 2. The Bertz CT molecular complexity index is 427. The van der Waals surface area contributed by atoms with Gasteiger partial charge in [-0.3, -0.25) is 4.79 Å². The largest absolute Gasteiger partial charge is 0.573 e. The van der Waals surface area contributed by atoms with Gasteiger partial charge in [-0.25, -0.2) is 0 Å². The molecule has 0 saturated heterocycles. The van der Waals surface area contributed by atoms with Crippen LogP contribution in [-0.4, -0.2) is 17.0 Å². The van der Waals surface area contributed by atoms with Crippen LogP contribution in [0.3, 0.4) is 0 Å². The van der Waals surface area contributed by atoms with Gasteiger partial charge in [0.1, 0.15) is 5.75 Å². The first-order valence-corrected chi connectivity index (χ1v) is 5.67. The van der Waals surface area contributed by atoms with Crippen LogP contribution in [0.1, 0.15) is 22.8 Å². The molecular weight excluding hydrogens is 301 g/mol.